The lowest BCUT2D eigenvalue weighted by Gasteiger charge is -2.29. The molecule has 38 heavy (non-hydrogen) atoms. The molecule has 0 aromatic heterocycles. The first kappa shape index (κ1) is 27.0. The first-order valence-corrected chi connectivity index (χ1v) is 12.9. The second-order valence-corrected chi connectivity index (χ2v) is 10.3. The number of piperidine rings is 1. The molecule has 3 aromatic rings. The van der Waals surface area contributed by atoms with Crippen LogP contribution in [0, 0.1) is 11.6 Å². The highest BCUT2D eigenvalue weighted by Crippen LogP contribution is 2.39. The SMILES string of the molecule is COc1cc(/C=C2\CN(S(=O)(=O)c3ccc(F)cc3)C/C(=C\c3ccccc3F)C2=O)cc(OC)c1OC. The number of hydrogen-bond donors (Lipinski definition) is 0. The lowest BCUT2D eigenvalue weighted by Crippen LogP contribution is -2.41. The maximum Gasteiger partial charge on any atom is 0.243 e. The van der Waals surface area contributed by atoms with Crippen LogP contribution in [0.25, 0.3) is 12.2 Å². The molecular formula is C28H25F2NO6S. The minimum absolute atomic E-state index is 0.0747. The second-order valence-electron chi connectivity index (χ2n) is 8.38. The molecular weight excluding hydrogens is 516 g/mol. The predicted octanol–water partition coefficient (Wildman–Crippen LogP) is 4.73. The molecule has 0 radical (unpaired) electrons. The predicted molar refractivity (Wildman–Crippen MR) is 139 cm³/mol. The first-order valence-electron chi connectivity index (χ1n) is 11.4. The van der Waals surface area contributed by atoms with E-state index in [0.717, 1.165) is 28.6 Å². The van der Waals surface area contributed by atoms with Gasteiger partial charge in [0.1, 0.15) is 11.6 Å². The Morgan fingerprint density at radius 2 is 1.39 bits per heavy atom. The summed E-state index contributed by atoms with van der Waals surface area (Å²) in [5.41, 5.74) is 0.850. The molecule has 4 rings (SSSR count). The topological polar surface area (TPSA) is 82.1 Å². The number of ketones is 1. The molecule has 1 aliphatic heterocycles. The maximum atomic E-state index is 14.4. The van der Waals surface area contributed by atoms with E-state index >= 15 is 0 Å². The maximum absolute atomic E-state index is 14.4. The van der Waals surface area contributed by atoms with Gasteiger partial charge in [0, 0.05) is 29.8 Å². The lowest BCUT2D eigenvalue weighted by molar-refractivity contribution is -0.113. The van der Waals surface area contributed by atoms with Crippen molar-refractivity contribution in [2.24, 2.45) is 0 Å². The van der Waals surface area contributed by atoms with Gasteiger partial charge in [-0.05, 0) is 60.2 Å². The van der Waals surface area contributed by atoms with Crippen LogP contribution in [0.1, 0.15) is 11.1 Å². The number of nitrogens with zero attached hydrogens (tertiary/aromatic N) is 1. The fraction of sp³-hybridized carbons (Fsp3) is 0.179. The molecule has 1 aliphatic rings. The van der Waals surface area contributed by atoms with Crippen molar-refractivity contribution in [3.8, 4) is 17.2 Å². The van der Waals surface area contributed by atoms with E-state index in [-0.39, 0.29) is 34.7 Å². The lowest BCUT2D eigenvalue weighted by atomic mass is 9.95. The molecule has 1 heterocycles. The van der Waals surface area contributed by atoms with Gasteiger partial charge in [0.15, 0.2) is 17.3 Å². The van der Waals surface area contributed by atoms with Crippen molar-refractivity contribution in [3.05, 3.63) is 94.6 Å². The Kier molecular flexibility index (Phi) is 7.94. The van der Waals surface area contributed by atoms with Crippen LogP contribution in [0.3, 0.4) is 0 Å². The summed E-state index contributed by atoms with van der Waals surface area (Å²) >= 11 is 0. The van der Waals surface area contributed by atoms with Gasteiger partial charge in [-0.1, -0.05) is 18.2 Å². The summed E-state index contributed by atoms with van der Waals surface area (Å²) in [6, 6.07) is 13.5. The number of Topliss-reactive ketones (excluding diaryl/α,β-unsaturated/α-hetero) is 1. The third-order valence-electron chi connectivity index (χ3n) is 5.99. The molecule has 1 saturated heterocycles. The standard InChI is InChI=1S/C28H25F2NO6S/c1-35-25-13-18(14-26(36-2)28(25)37-3)12-20-16-31(38(33,34)23-10-8-22(29)9-11-23)17-21(27(20)32)15-19-6-4-5-7-24(19)30/h4-15H,16-17H2,1-3H3/b20-12+,21-15+. The van der Waals surface area contributed by atoms with Crippen LogP contribution in [0.4, 0.5) is 8.78 Å². The van der Waals surface area contributed by atoms with Crippen LogP contribution in [0.15, 0.2) is 76.7 Å². The first-order chi connectivity index (χ1) is 18.2. The minimum Gasteiger partial charge on any atom is -0.493 e. The number of ether oxygens (including phenoxy) is 3. The van der Waals surface area contributed by atoms with Crippen molar-refractivity contribution in [2.75, 3.05) is 34.4 Å². The molecule has 10 heteroatoms. The van der Waals surface area contributed by atoms with E-state index in [1.807, 2.05) is 0 Å². The zero-order valence-electron chi connectivity index (χ0n) is 20.9. The molecule has 0 aliphatic carbocycles. The fourth-order valence-electron chi connectivity index (χ4n) is 4.10. The van der Waals surface area contributed by atoms with Crippen molar-refractivity contribution in [1.29, 1.82) is 0 Å². The third kappa shape index (κ3) is 5.46. The van der Waals surface area contributed by atoms with E-state index < -0.39 is 27.4 Å². The minimum atomic E-state index is -4.13. The van der Waals surface area contributed by atoms with E-state index in [1.54, 1.807) is 18.2 Å². The molecule has 3 aromatic carbocycles. The monoisotopic (exact) mass is 541 g/mol. The van der Waals surface area contributed by atoms with E-state index in [2.05, 4.69) is 0 Å². The molecule has 7 nitrogen and oxygen atoms in total. The van der Waals surface area contributed by atoms with Gasteiger partial charge < -0.3 is 14.2 Å². The van der Waals surface area contributed by atoms with E-state index in [0.29, 0.717) is 22.8 Å². The molecule has 0 bridgehead atoms. The Bertz CT molecular complexity index is 1510. The Hall–Kier alpha value is -4.02. The van der Waals surface area contributed by atoms with Crippen LogP contribution in [-0.2, 0) is 14.8 Å². The van der Waals surface area contributed by atoms with Gasteiger partial charge in [0.25, 0.3) is 0 Å². The largest absolute Gasteiger partial charge is 0.493 e. The van der Waals surface area contributed by atoms with Crippen LogP contribution in [0.2, 0.25) is 0 Å². The van der Waals surface area contributed by atoms with Gasteiger partial charge >= 0.3 is 0 Å². The van der Waals surface area contributed by atoms with Gasteiger partial charge in [0.2, 0.25) is 15.8 Å². The number of rotatable bonds is 7. The zero-order valence-corrected chi connectivity index (χ0v) is 21.7. The third-order valence-corrected chi connectivity index (χ3v) is 7.80. The van der Waals surface area contributed by atoms with Crippen LogP contribution >= 0.6 is 0 Å². The number of sulfonamides is 1. The Morgan fingerprint density at radius 3 is 1.95 bits per heavy atom. The average Bonchev–Trinajstić information content (AvgIpc) is 2.91. The highest BCUT2D eigenvalue weighted by molar-refractivity contribution is 7.89. The van der Waals surface area contributed by atoms with Crippen molar-refractivity contribution < 1.29 is 36.2 Å². The number of hydrogen-bond acceptors (Lipinski definition) is 6. The van der Waals surface area contributed by atoms with Crippen LogP contribution in [0.5, 0.6) is 17.2 Å². The summed E-state index contributed by atoms with van der Waals surface area (Å²) < 4.78 is 72.0. The summed E-state index contributed by atoms with van der Waals surface area (Å²) in [4.78, 5) is 13.4. The van der Waals surface area contributed by atoms with Gasteiger partial charge in [-0.25, -0.2) is 17.2 Å². The molecule has 0 atom stereocenters. The number of carbonyl (C=O) groups is 1. The number of halogens is 2. The molecule has 1 fully saturated rings. The second kappa shape index (κ2) is 11.2. The van der Waals surface area contributed by atoms with Crippen molar-refractivity contribution >= 4 is 28.0 Å². The van der Waals surface area contributed by atoms with E-state index in [4.69, 9.17) is 14.2 Å². The van der Waals surface area contributed by atoms with Crippen molar-refractivity contribution in [1.82, 2.24) is 4.31 Å². The summed E-state index contributed by atoms with van der Waals surface area (Å²) in [5, 5.41) is 0. The normalized spacial score (nSPS) is 16.6. The highest BCUT2D eigenvalue weighted by Gasteiger charge is 2.34. The molecule has 0 saturated carbocycles. The summed E-state index contributed by atoms with van der Waals surface area (Å²) in [5.74, 6) is -0.526. The fourth-order valence-corrected chi connectivity index (χ4v) is 5.50. The Morgan fingerprint density at radius 1 is 0.816 bits per heavy atom. The highest BCUT2D eigenvalue weighted by atomic mass is 32.2. The summed E-state index contributed by atoms with van der Waals surface area (Å²) in [6.45, 7) is -0.552. The van der Waals surface area contributed by atoms with Gasteiger partial charge in [0.05, 0.1) is 26.2 Å². The Labute approximate surface area is 219 Å². The molecule has 0 spiro atoms. The smallest absolute Gasteiger partial charge is 0.243 e. The molecule has 0 unspecified atom stereocenters. The average molecular weight is 542 g/mol. The van der Waals surface area contributed by atoms with Crippen LogP contribution in [-0.4, -0.2) is 52.9 Å². The summed E-state index contributed by atoms with van der Waals surface area (Å²) in [6.07, 6.45) is 2.86. The van der Waals surface area contributed by atoms with Gasteiger partial charge in [-0.15, -0.1) is 0 Å². The van der Waals surface area contributed by atoms with E-state index in [1.165, 1.54) is 51.7 Å². The molecule has 0 amide bonds. The summed E-state index contributed by atoms with van der Waals surface area (Å²) in [7, 11) is 0.231. The quantitative estimate of drug-likeness (QED) is 0.403. The zero-order chi connectivity index (χ0) is 27.4. The van der Waals surface area contributed by atoms with Crippen molar-refractivity contribution in [3.63, 3.8) is 0 Å². The number of methoxy groups -OCH3 is 3. The van der Waals surface area contributed by atoms with Gasteiger partial charge in [-0.2, -0.15) is 4.31 Å². The molecule has 0 N–H and O–H groups in total. The van der Waals surface area contributed by atoms with E-state index in [9.17, 15) is 22.0 Å². The Balaban J connectivity index is 1.84. The van der Waals surface area contributed by atoms with Gasteiger partial charge in [-0.3, -0.25) is 4.79 Å². The number of benzene rings is 3. The van der Waals surface area contributed by atoms with Crippen LogP contribution < -0.4 is 14.2 Å². The van der Waals surface area contributed by atoms with Crippen molar-refractivity contribution in [2.45, 2.75) is 4.90 Å². The molecule has 198 valence electrons. The number of carbonyl (C=O) groups excluding carboxylic acids is 1.